The summed E-state index contributed by atoms with van der Waals surface area (Å²) in [4.78, 5) is 10.9. The van der Waals surface area contributed by atoms with E-state index < -0.39 is 5.97 Å². The quantitative estimate of drug-likeness (QED) is 0.685. The first-order chi connectivity index (χ1) is 6.57. The molecule has 80 valence electrons. The van der Waals surface area contributed by atoms with E-state index in [9.17, 15) is 4.79 Å². The summed E-state index contributed by atoms with van der Waals surface area (Å²) < 4.78 is 0. The van der Waals surface area contributed by atoms with Gasteiger partial charge in [-0.25, -0.2) is 4.79 Å². The van der Waals surface area contributed by atoms with Crippen molar-refractivity contribution in [3.05, 3.63) is 11.1 Å². The molecule has 0 radical (unpaired) electrons. The van der Waals surface area contributed by atoms with E-state index in [0.717, 1.165) is 18.8 Å². The van der Waals surface area contributed by atoms with Gasteiger partial charge < -0.3 is 5.11 Å². The van der Waals surface area contributed by atoms with E-state index >= 15 is 0 Å². The molecule has 0 saturated heterocycles. The zero-order chi connectivity index (χ0) is 10.7. The molecule has 0 aromatic heterocycles. The Kier molecular flexibility index (Phi) is 3.73. The van der Waals surface area contributed by atoms with Gasteiger partial charge >= 0.3 is 5.97 Å². The summed E-state index contributed by atoms with van der Waals surface area (Å²) in [7, 11) is 0. The van der Waals surface area contributed by atoms with E-state index in [1.165, 1.54) is 18.4 Å². The molecule has 0 aromatic carbocycles. The Bertz CT molecular complexity index is 249. The largest absolute Gasteiger partial charge is 0.478 e. The molecule has 0 aromatic rings. The summed E-state index contributed by atoms with van der Waals surface area (Å²) in [5, 5.41) is 8.97. The normalized spacial score (nSPS) is 20.2. The predicted octanol–water partition coefficient (Wildman–Crippen LogP) is 3.23. The average molecular weight is 196 g/mol. The van der Waals surface area contributed by atoms with Crippen LogP contribution < -0.4 is 0 Å². The first-order valence-corrected chi connectivity index (χ1v) is 5.50. The Labute approximate surface area is 86.0 Å². The van der Waals surface area contributed by atoms with E-state index in [0.29, 0.717) is 11.5 Å². The van der Waals surface area contributed by atoms with Gasteiger partial charge in [0.05, 0.1) is 0 Å². The Hall–Kier alpha value is -0.790. The fourth-order valence-corrected chi connectivity index (χ4v) is 2.04. The van der Waals surface area contributed by atoms with Crippen LogP contribution in [0.5, 0.6) is 0 Å². The molecule has 2 nitrogen and oxygen atoms in total. The minimum Gasteiger partial charge on any atom is -0.478 e. The third-order valence-corrected chi connectivity index (χ3v) is 3.20. The van der Waals surface area contributed by atoms with Crippen molar-refractivity contribution < 1.29 is 9.90 Å². The second-order valence-corrected chi connectivity index (χ2v) is 4.33. The molecule has 1 aliphatic carbocycles. The maximum absolute atomic E-state index is 10.9. The van der Waals surface area contributed by atoms with Crippen LogP contribution in [-0.4, -0.2) is 11.1 Å². The standard InChI is InChI=1S/C12H20O2/c1-4-5-11(9(3)12(13)14)8(2)10-6-7-10/h8,10H,4-7H2,1-3H3,(H,13,14). The molecular formula is C12H20O2. The van der Waals surface area contributed by atoms with Gasteiger partial charge in [0.15, 0.2) is 0 Å². The van der Waals surface area contributed by atoms with Crippen molar-refractivity contribution in [2.45, 2.75) is 46.5 Å². The number of aliphatic carboxylic acids is 1. The third-order valence-electron chi connectivity index (χ3n) is 3.20. The number of hydrogen-bond donors (Lipinski definition) is 1. The van der Waals surface area contributed by atoms with Crippen molar-refractivity contribution in [1.82, 2.24) is 0 Å². The molecule has 0 spiro atoms. The monoisotopic (exact) mass is 196 g/mol. The molecule has 14 heavy (non-hydrogen) atoms. The smallest absolute Gasteiger partial charge is 0.331 e. The van der Waals surface area contributed by atoms with E-state index in [-0.39, 0.29) is 0 Å². The highest BCUT2D eigenvalue weighted by molar-refractivity contribution is 5.86. The highest BCUT2D eigenvalue weighted by Gasteiger charge is 2.31. The molecule has 1 N–H and O–H groups in total. The van der Waals surface area contributed by atoms with Crippen LogP contribution >= 0.6 is 0 Å². The van der Waals surface area contributed by atoms with Crippen LogP contribution in [0.1, 0.15) is 46.5 Å². The van der Waals surface area contributed by atoms with Crippen molar-refractivity contribution in [2.24, 2.45) is 11.8 Å². The van der Waals surface area contributed by atoms with E-state index in [4.69, 9.17) is 5.11 Å². The fourth-order valence-electron chi connectivity index (χ4n) is 2.04. The summed E-state index contributed by atoms with van der Waals surface area (Å²) in [6.07, 6.45) is 4.54. The molecule has 0 amide bonds. The topological polar surface area (TPSA) is 37.3 Å². The lowest BCUT2D eigenvalue weighted by Gasteiger charge is -2.16. The van der Waals surface area contributed by atoms with Crippen LogP contribution in [0, 0.1) is 11.8 Å². The van der Waals surface area contributed by atoms with Crippen LogP contribution in [-0.2, 0) is 4.79 Å². The first-order valence-electron chi connectivity index (χ1n) is 5.50. The molecular weight excluding hydrogens is 176 g/mol. The Morgan fingerprint density at radius 1 is 1.50 bits per heavy atom. The number of carbonyl (C=O) groups is 1. The lowest BCUT2D eigenvalue weighted by Crippen LogP contribution is -2.09. The number of carboxylic acid groups (broad SMARTS) is 1. The molecule has 0 bridgehead atoms. The molecule has 1 aliphatic rings. The van der Waals surface area contributed by atoms with Gasteiger partial charge in [-0.2, -0.15) is 0 Å². The second kappa shape index (κ2) is 4.63. The number of allylic oxidation sites excluding steroid dienone is 1. The minimum absolute atomic E-state index is 0.478. The van der Waals surface area contributed by atoms with Crippen LogP contribution in [0.15, 0.2) is 11.1 Å². The van der Waals surface area contributed by atoms with Gasteiger partial charge in [-0.1, -0.05) is 25.8 Å². The van der Waals surface area contributed by atoms with E-state index in [1.807, 2.05) is 0 Å². The third kappa shape index (κ3) is 2.60. The predicted molar refractivity (Wildman–Crippen MR) is 57.1 cm³/mol. The lowest BCUT2D eigenvalue weighted by molar-refractivity contribution is -0.132. The van der Waals surface area contributed by atoms with Gasteiger partial charge in [0.25, 0.3) is 0 Å². The Morgan fingerprint density at radius 2 is 2.07 bits per heavy atom. The van der Waals surface area contributed by atoms with E-state index in [2.05, 4.69) is 13.8 Å². The second-order valence-electron chi connectivity index (χ2n) is 4.33. The van der Waals surface area contributed by atoms with Gasteiger partial charge in [0, 0.05) is 5.57 Å². The zero-order valence-corrected chi connectivity index (χ0v) is 9.34. The Morgan fingerprint density at radius 3 is 2.43 bits per heavy atom. The van der Waals surface area contributed by atoms with Crippen molar-refractivity contribution in [3.8, 4) is 0 Å². The highest BCUT2D eigenvalue weighted by Crippen LogP contribution is 2.42. The lowest BCUT2D eigenvalue weighted by atomic mass is 9.89. The van der Waals surface area contributed by atoms with Crippen molar-refractivity contribution in [1.29, 1.82) is 0 Å². The summed E-state index contributed by atoms with van der Waals surface area (Å²) in [5.74, 6) is 0.484. The van der Waals surface area contributed by atoms with Gasteiger partial charge in [-0.15, -0.1) is 0 Å². The molecule has 0 aliphatic heterocycles. The molecule has 0 heterocycles. The molecule has 1 unspecified atom stereocenters. The summed E-state index contributed by atoms with van der Waals surface area (Å²) in [5.41, 5.74) is 1.74. The minimum atomic E-state index is -0.749. The number of rotatable bonds is 5. The first kappa shape index (κ1) is 11.3. The average Bonchev–Trinajstić information content (AvgIpc) is 2.95. The summed E-state index contributed by atoms with van der Waals surface area (Å²) >= 11 is 0. The highest BCUT2D eigenvalue weighted by atomic mass is 16.4. The Balaban J connectivity index is 2.80. The van der Waals surface area contributed by atoms with Crippen molar-refractivity contribution in [2.75, 3.05) is 0 Å². The van der Waals surface area contributed by atoms with Crippen LogP contribution in [0.2, 0.25) is 0 Å². The van der Waals surface area contributed by atoms with Gasteiger partial charge in [0.2, 0.25) is 0 Å². The molecule has 1 saturated carbocycles. The zero-order valence-electron chi connectivity index (χ0n) is 9.34. The molecule has 2 heteroatoms. The number of hydrogen-bond acceptors (Lipinski definition) is 1. The summed E-state index contributed by atoms with van der Waals surface area (Å²) in [6, 6.07) is 0. The summed E-state index contributed by atoms with van der Waals surface area (Å²) in [6.45, 7) is 6.02. The molecule has 1 atom stereocenters. The van der Waals surface area contributed by atoms with E-state index in [1.54, 1.807) is 6.92 Å². The maximum Gasteiger partial charge on any atom is 0.331 e. The number of carboxylic acids is 1. The SMILES string of the molecule is CCCC(=C(C)C(=O)O)C(C)C1CC1. The van der Waals surface area contributed by atoms with Crippen molar-refractivity contribution >= 4 is 5.97 Å². The van der Waals surface area contributed by atoms with Gasteiger partial charge in [-0.05, 0) is 38.0 Å². The van der Waals surface area contributed by atoms with Crippen LogP contribution in [0.25, 0.3) is 0 Å². The fraction of sp³-hybridized carbons (Fsp3) is 0.750. The van der Waals surface area contributed by atoms with Crippen LogP contribution in [0.3, 0.4) is 0 Å². The van der Waals surface area contributed by atoms with Gasteiger partial charge in [0.1, 0.15) is 0 Å². The van der Waals surface area contributed by atoms with Crippen molar-refractivity contribution in [3.63, 3.8) is 0 Å². The van der Waals surface area contributed by atoms with Crippen LogP contribution in [0.4, 0.5) is 0 Å². The molecule has 1 rings (SSSR count). The molecule has 1 fully saturated rings. The maximum atomic E-state index is 10.9. The van der Waals surface area contributed by atoms with Gasteiger partial charge in [-0.3, -0.25) is 0 Å².